The molecule has 0 amide bonds. The normalized spacial score (nSPS) is 18.1. The van der Waals surface area contributed by atoms with Gasteiger partial charge in [-0.15, -0.1) is 0 Å². The summed E-state index contributed by atoms with van der Waals surface area (Å²) in [5, 5.41) is 0. The molecule has 1 fully saturated rings. The first kappa shape index (κ1) is 25.3. The second kappa shape index (κ2) is 11.5. The van der Waals surface area contributed by atoms with Crippen LogP contribution in [0, 0.1) is 0 Å². The van der Waals surface area contributed by atoms with Crippen molar-refractivity contribution >= 4 is 123 Å². The van der Waals surface area contributed by atoms with Gasteiger partial charge in [0.1, 0.15) is 0 Å². The van der Waals surface area contributed by atoms with Crippen molar-refractivity contribution in [2.75, 3.05) is 50.8 Å². The van der Waals surface area contributed by atoms with Gasteiger partial charge >= 0.3 is 103 Å². The summed E-state index contributed by atoms with van der Waals surface area (Å²) >= 11 is 0. The molecule has 2 N–H and O–H groups in total. The van der Waals surface area contributed by atoms with Crippen LogP contribution >= 0.6 is 0 Å². The second-order valence-corrected chi connectivity index (χ2v) is 7.40. The molecule has 1 rings (SSSR count). The molecule has 12 heteroatoms. The Labute approximate surface area is 205 Å². The number of hydrogen-bond acceptors (Lipinski definition) is 6. The Hall–Kier alpha value is 3.01. The van der Waals surface area contributed by atoms with Crippen molar-refractivity contribution in [1.29, 1.82) is 0 Å². The summed E-state index contributed by atoms with van der Waals surface area (Å²) in [6.45, 7) is 2.99. The average molecular weight is 383 g/mol. The molecule has 1 saturated heterocycles. The van der Waals surface area contributed by atoms with Crippen LogP contribution in [0.15, 0.2) is 0 Å². The van der Waals surface area contributed by atoms with Gasteiger partial charge in [-0.25, -0.2) is 0 Å². The van der Waals surface area contributed by atoms with Gasteiger partial charge in [-0.3, -0.25) is 18.9 Å². The first-order valence-electron chi connectivity index (χ1n) is 5.51. The quantitative estimate of drug-likeness (QED) is 0.371. The Balaban J connectivity index is 0. The number of rotatable bonds is 6. The Morgan fingerprint density at radius 1 is 0.700 bits per heavy atom. The van der Waals surface area contributed by atoms with Crippen LogP contribution in [0.2, 0.25) is 0 Å². The van der Waals surface area contributed by atoms with E-state index in [0.29, 0.717) is 26.2 Å². The molecule has 1 heterocycles. The van der Waals surface area contributed by atoms with Crippen LogP contribution in [0.1, 0.15) is 0 Å². The monoisotopic (exact) mass is 382 g/mol. The average Bonchev–Trinajstić information content (AvgIpc) is 2.23. The van der Waals surface area contributed by atoms with Gasteiger partial charge in [0.2, 0.25) is 0 Å². The summed E-state index contributed by atoms with van der Waals surface area (Å²) in [7, 11) is -7.87. The molecule has 8 nitrogen and oxygen atoms in total. The van der Waals surface area contributed by atoms with E-state index in [-0.39, 0.29) is 127 Å². The molecule has 0 radical (unpaired) electrons. The summed E-state index contributed by atoms with van der Waals surface area (Å²) in [6, 6.07) is 0. The fraction of sp³-hybridized carbons (Fsp3) is 1.00. The zero-order valence-corrected chi connectivity index (χ0v) is 11.5. The number of hydrogen-bond donors (Lipinski definition) is 2. The second-order valence-electron chi connectivity index (χ2n) is 4.26. The van der Waals surface area contributed by atoms with Crippen LogP contribution in [0.25, 0.3) is 0 Å². The van der Waals surface area contributed by atoms with E-state index in [1.807, 2.05) is 9.80 Å². The summed E-state index contributed by atoms with van der Waals surface area (Å²) < 4.78 is 59.5. The van der Waals surface area contributed by atoms with Gasteiger partial charge in [0, 0.05) is 39.3 Å². The molecule has 1 aliphatic rings. The van der Waals surface area contributed by atoms with E-state index in [4.69, 9.17) is 9.11 Å². The minimum atomic E-state index is -3.93. The van der Waals surface area contributed by atoms with E-state index in [0.717, 1.165) is 0 Å². The summed E-state index contributed by atoms with van der Waals surface area (Å²) in [6.07, 6.45) is 0. The molecule has 20 heavy (non-hydrogen) atoms. The topological polar surface area (TPSA) is 115 Å². The van der Waals surface area contributed by atoms with Gasteiger partial charge in [0.15, 0.2) is 0 Å². The van der Waals surface area contributed by atoms with E-state index >= 15 is 0 Å². The molecule has 1 aliphatic heterocycles. The molecule has 0 spiro atoms. The molecule has 0 atom stereocenters. The summed E-state index contributed by atoms with van der Waals surface area (Å²) in [5.74, 6) is -0.587. The number of nitrogens with zero attached hydrogens (tertiary/aromatic N) is 2. The SMILES string of the molecule is O=S(=O)(O)CCN1CCN(CCS(=O)(=O)O)CC1.[KH].[KH]. The standard InChI is InChI=1S/C8H18N2O6S2.2K.2H/c11-17(12,13)7-5-9-1-2-10(4-3-9)6-8-18(14,15)16;;;;/h1-8H2,(H,11,12,13)(H,14,15,16);;;;. The van der Waals surface area contributed by atoms with Crippen LogP contribution < -0.4 is 0 Å². The van der Waals surface area contributed by atoms with Crippen molar-refractivity contribution in [1.82, 2.24) is 9.80 Å². The molecular weight excluding hydrogens is 362 g/mol. The first-order valence-corrected chi connectivity index (χ1v) is 8.72. The third kappa shape index (κ3) is 13.5. The van der Waals surface area contributed by atoms with Gasteiger partial charge < -0.3 is 0 Å². The van der Waals surface area contributed by atoms with Crippen LogP contribution in [0.5, 0.6) is 0 Å². The molecule has 0 aromatic rings. The Bertz CT molecular complexity index is 417. The van der Waals surface area contributed by atoms with E-state index in [9.17, 15) is 16.8 Å². The van der Waals surface area contributed by atoms with Gasteiger partial charge in [-0.2, -0.15) is 16.8 Å². The zero-order chi connectivity index (χ0) is 13.8. The Kier molecular flexibility index (Phi) is 14.6. The molecule has 0 aromatic carbocycles. The van der Waals surface area contributed by atoms with E-state index in [1.165, 1.54) is 0 Å². The summed E-state index contributed by atoms with van der Waals surface area (Å²) in [5.41, 5.74) is 0. The zero-order valence-electron chi connectivity index (χ0n) is 9.90. The van der Waals surface area contributed by atoms with Crippen LogP contribution in [-0.2, 0) is 20.2 Å². The maximum absolute atomic E-state index is 10.6. The van der Waals surface area contributed by atoms with Gasteiger partial charge in [0.25, 0.3) is 20.2 Å². The summed E-state index contributed by atoms with van der Waals surface area (Å²) in [4.78, 5) is 3.77. The third-order valence-corrected chi connectivity index (χ3v) is 4.19. The van der Waals surface area contributed by atoms with Crippen molar-refractivity contribution in [3.8, 4) is 0 Å². The fourth-order valence-electron chi connectivity index (χ4n) is 1.73. The van der Waals surface area contributed by atoms with Crippen molar-refractivity contribution in [3.63, 3.8) is 0 Å². The van der Waals surface area contributed by atoms with Crippen molar-refractivity contribution in [2.24, 2.45) is 0 Å². The first-order chi connectivity index (χ1) is 8.16. The Morgan fingerprint density at radius 2 is 0.950 bits per heavy atom. The molecular formula is C8H20K2N2O6S2. The van der Waals surface area contributed by atoms with Crippen molar-refractivity contribution < 1.29 is 25.9 Å². The third-order valence-electron chi connectivity index (χ3n) is 2.80. The fourth-order valence-corrected chi connectivity index (χ4v) is 2.70. The Morgan fingerprint density at radius 3 is 1.15 bits per heavy atom. The predicted molar refractivity (Wildman–Crippen MR) is 80.0 cm³/mol. The molecule has 0 aromatic heterocycles. The van der Waals surface area contributed by atoms with Crippen molar-refractivity contribution in [3.05, 3.63) is 0 Å². The van der Waals surface area contributed by atoms with Gasteiger partial charge in [-0.1, -0.05) is 0 Å². The van der Waals surface area contributed by atoms with Gasteiger partial charge in [0.05, 0.1) is 11.5 Å². The minimum absolute atomic E-state index is 0. The number of piperazine rings is 1. The molecule has 0 unspecified atom stereocenters. The van der Waals surface area contributed by atoms with E-state index < -0.39 is 20.2 Å². The maximum atomic E-state index is 10.6. The molecule has 112 valence electrons. The van der Waals surface area contributed by atoms with Crippen molar-refractivity contribution in [2.45, 2.75) is 0 Å². The van der Waals surface area contributed by atoms with E-state index in [1.54, 1.807) is 0 Å². The predicted octanol–water partition coefficient (Wildman–Crippen LogP) is -2.92. The van der Waals surface area contributed by atoms with Gasteiger partial charge in [-0.05, 0) is 0 Å². The van der Waals surface area contributed by atoms with Crippen LogP contribution in [0.4, 0.5) is 0 Å². The molecule has 0 saturated carbocycles. The molecule has 0 aliphatic carbocycles. The van der Waals surface area contributed by atoms with E-state index in [2.05, 4.69) is 0 Å². The van der Waals surface area contributed by atoms with Crippen LogP contribution in [-0.4, -0.2) is 189 Å². The molecule has 0 bridgehead atoms. The van der Waals surface area contributed by atoms with Crippen LogP contribution in [0.3, 0.4) is 0 Å².